The first-order chi connectivity index (χ1) is 13.3. The largest absolute Gasteiger partial charge is 0.463 e. The average molecular weight is 369 g/mol. The summed E-state index contributed by atoms with van der Waals surface area (Å²) in [5, 5.41) is 0. The first kappa shape index (κ1) is 23.0. The Morgan fingerprint density at radius 3 is 2.19 bits per heavy atom. The molecule has 0 aliphatic carbocycles. The first-order valence-corrected chi connectivity index (χ1v) is 10.5. The number of carbonyl (C=O) groups excluding carboxylic acids is 1. The second kappa shape index (κ2) is 17.3. The topological polar surface area (TPSA) is 26.3 Å². The molecule has 2 heteroatoms. The molecule has 0 bridgehead atoms. The molecule has 1 aromatic carbocycles. The van der Waals surface area contributed by atoms with Gasteiger partial charge in [0.25, 0.3) is 0 Å². The Morgan fingerprint density at radius 2 is 1.48 bits per heavy atom. The van der Waals surface area contributed by atoms with E-state index in [9.17, 15) is 4.79 Å². The van der Waals surface area contributed by atoms with E-state index in [0.29, 0.717) is 6.61 Å². The van der Waals surface area contributed by atoms with E-state index in [1.807, 2.05) is 30.3 Å². The van der Waals surface area contributed by atoms with Gasteiger partial charge >= 0.3 is 5.97 Å². The number of rotatable bonds is 15. The minimum absolute atomic E-state index is 0.255. The first-order valence-electron chi connectivity index (χ1n) is 10.5. The van der Waals surface area contributed by atoms with E-state index in [0.717, 1.165) is 18.4 Å². The molecule has 0 amide bonds. The summed E-state index contributed by atoms with van der Waals surface area (Å²) in [5.74, 6) is -0.255. The lowest BCUT2D eigenvalue weighted by Crippen LogP contribution is -2.02. The number of carbonyl (C=O) groups is 1. The van der Waals surface area contributed by atoms with Gasteiger partial charge in [-0.3, -0.25) is 0 Å². The quantitative estimate of drug-likeness (QED) is 0.141. The second-order valence-corrected chi connectivity index (χ2v) is 6.82. The average Bonchev–Trinajstić information content (AvgIpc) is 2.70. The van der Waals surface area contributed by atoms with Gasteiger partial charge in [-0.05, 0) is 37.3 Å². The van der Waals surface area contributed by atoms with Crippen LogP contribution in [-0.2, 0) is 9.53 Å². The predicted octanol–water partition coefficient (Wildman–Crippen LogP) is 7.28. The Kier molecular flexibility index (Phi) is 14.7. The molecule has 0 unspecified atom stereocenters. The normalized spacial score (nSPS) is 11.7. The Balaban J connectivity index is 1.89. The third kappa shape index (κ3) is 14.7. The Bertz CT molecular complexity index is 555. The maximum atomic E-state index is 11.6. The van der Waals surface area contributed by atoms with Crippen LogP contribution in [0.5, 0.6) is 0 Å². The third-order valence-electron chi connectivity index (χ3n) is 4.33. The molecule has 0 aliphatic heterocycles. The molecular weight excluding hydrogens is 332 g/mol. The van der Waals surface area contributed by atoms with Crippen molar-refractivity contribution < 1.29 is 9.53 Å². The van der Waals surface area contributed by atoms with Gasteiger partial charge in [-0.25, -0.2) is 4.79 Å². The van der Waals surface area contributed by atoms with Gasteiger partial charge in [-0.15, -0.1) is 0 Å². The maximum absolute atomic E-state index is 11.6. The lowest BCUT2D eigenvalue weighted by molar-refractivity contribution is -0.137. The molecule has 0 spiro atoms. The van der Waals surface area contributed by atoms with Crippen LogP contribution < -0.4 is 0 Å². The highest BCUT2D eigenvalue weighted by molar-refractivity contribution is 5.86. The number of unbranched alkanes of at least 4 members (excludes halogenated alkanes) is 8. The summed E-state index contributed by atoms with van der Waals surface area (Å²) < 4.78 is 5.23. The molecule has 0 atom stereocenters. The van der Waals surface area contributed by atoms with Crippen molar-refractivity contribution in [3.8, 4) is 0 Å². The summed E-state index contributed by atoms with van der Waals surface area (Å²) in [6.07, 6.45) is 24.2. The molecule has 0 radical (unpaired) electrons. The highest BCUT2D eigenvalue weighted by Crippen LogP contribution is 2.08. The molecule has 1 aromatic rings. The van der Waals surface area contributed by atoms with Crippen molar-refractivity contribution in [1.29, 1.82) is 0 Å². The Labute approximate surface area is 166 Å². The number of hydrogen-bond donors (Lipinski definition) is 0. The zero-order valence-corrected chi connectivity index (χ0v) is 16.9. The van der Waals surface area contributed by atoms with E-state index in [1.54, 1.807) is 6.08 Å². The van der Waals surface area contributed by atoms with Gasteiger partial charge in [0.05, 0.1) is 6.61 Å². The van der Waals surface area contributed by atoms with Gasteiger partial charge in [-0.1, -0.05) is 100 Å². The maximum Gasteiger partial charge on any atom is 0.330 e. The number of hydrogen-bond acceptors (Lipinski definition) is 2. The fourth-order valence-corrected chi connectivity index (χ4v) is 2.69. The summed E-state index contributed by atoms with van der Waals surface area (Å²) in [6, 6.07) is 9.78. The van der Waals surface area contributed by atoms with Gasteiger partial charge in [0.15, 0.2) is 0 Å². The van der Waals surface area contributed by atoms with Crippen LogP contribution >= 0.6 is 0 Å². The zero-order chi connectivity index (χ0) is 19.4. The molecule has 0 saturated heterocycles. The Morgan fingerprint density at radius 1 is 0.852 bits per heavy atom. The minimum Gasteiger partial charge on any atom is -0.463 e. The number of ether oxygens (including phenoxy) is 1. The van der Waals surface area contributed by atoms with Crippen molar-refractivity contribution in [2.24, 2.45) is 0 Å². The van der Waals surface area contributed by atoms with E-state index in [4.69, 9.17) is 4.74 Å². The highest BCUT2D eigenvalue weighted by Gasteiger charge is 1.97. The smallest absolute Gasteiger partial charge is 0.330 e. The van der Waals surface area contributed by atoms with Crippen LogP contribution in [0.2, 0.25) is 0 Å². The van der Waals surface area contributed by atoms with Crippen LogP contribution in [0.1, 0.15) is 76.7 Å². The third-order valence-corrected chi connectivity index (χ3v) is 4.33. The molecule has 0 N–H and O–H groups in total. The van der Waals surface area contributed by atoms with Crippen LogP contribution in [-0.4, -0.2) is 12.6 Å². The molecule has 0 aliphatic rings. The van der Waals surface area contributed by atoms with Gasteiger partial charge in [0.2, 0.25) is 0 Å². The van der Waals surface area contributed by atoms with Gasteiger partial charge in [-0.2, -0.15) is 0 Å². The minimum atomic E-state index is -0.255. The van der Waals surface area contributed by atoms with E-state index in [-0.39, 0.29) is 5.97 Å². The fraction of sp³-hybridized carbons (Fsp3) is 0.480. The predicted molar refractivity (Wildman–Crippen MR) is 117 cm³/mol. The van der Waals surface area contributed by atoms with Crippen molar-refractivity contribution in [3.63, 3.8) is 0 Å². The van der Waals surface area contributed by atoms with E-state index in [1.165, 1.54) is 57.4 Å². The molecule has 148 valence electrons. The Hall–Kier alpha value is -2.09. The van der Waals surface area contributed by atoms with Crippen molar-refractivity contribution in [1.82, 2.24) is 0 Å². The molecule has 1 rings (SSSR count). The van der Waals surface area contributed by atoms with E-state index < -0.39 is 0 Å². The second-order valence-electron chi connectivity index (χ2n) is 6.82. The van der Waals surface area contributed by atoms with Crippen LogP contribution in [0.15, 0.2) is 60.7 Å². The highest BCUT2D eigenvalue weighted by atomic mass is 16.5. The van der Waals surface area contributed by atoms with Crippen LogP contribution in [0, 0.1) is 0 Å². The summed E-state index contributed by atoms with van der Waals surface area (Å²) in [4.78, 5) is 11.6. The van der Waals surface area contributed by atoms with Crippen molar-refractivity contribution in [2.75, 3.05) is 6.61 Å². The van der Waals surface area contributed by atoms with Crippen LogP contribution in [0.3, 0.4) is 0 Å². The van der Waals surface area contributed by atoms with Crippen molar-refractivity contribution in [2.45, 2.75) is 71.1 Å². The number of esters is 1. The molecular formula is C25H36O2. The number of benzene rings is 1. The van der Waals surface area contributed by atoms with Crippen LogP contribution in [0.4, 0.5) is 0 Å². The van der Waals surface area contributed by atoms with Crippen molar-refractivity contribution >= 4 is 12.0 Å². The van der Waals surface area contributed by atoms with Crippen LogP contribution in [0.25, 0.3) is 6.08 Å². The number of allylic oxidation sites excluding steroid dienone is 4. The SMILES string of the molecule is CCCCC=CC=CCCCCCCCCOC(=O)C=Cc1ccccc1. The summed E-state index contributed by atoms with van der Waals surface area (Å²) >= 11 is 0. The van der Waals surface area contributed by atoms with E-state index in [2.05, 4.69) is 31.2 Å². The fourth-order valence-electron chi connectivity index (χ4n) is 2.69. The standard InChI is InChI=1S/C25H36O2/c1-2-3-4-5-6-7-8-9-10-11-12-13-14-18-23-27-25(26)22-21-24-19-16-15-17-20-24/h5-8,15-17,19-22H,2-4,9-14,18,23H2,1H3. The van der Waals surface area contributed by atoms with Gasteiger partial charge < -0.3 is 4.74 Å². The zero-order valence-electron chi connectivity index (χ0n) is 16.9. The molecule has 0 fully saturated rings. The molecule has 0 aromatic heterocycles. The van der Waals surface area contributed by atoms with Gasteiger partial charge in [0, 0.05) is 6.08 Å². The van der Waals surface area contributed by atoms with E-state index >= 15 is 0 Å². The molecule has 0 heterocycles. The lowest BCUT2D eigenvalue weighted by Gasteiger charge is -2.02. The lowest BCUT2D eigenvalue weighted by atomic mass is 10.1. The molecule has 27 heavy (non-hydrogen) atoms. The molecule has 0 saturated carbocycles. The van der Waals surface area contributed by atoms with Crippen molar-refractivity contribution in [3.05, 3.63) is 66.3 Å². The van der Waals surface area contributed by atoms with Gasteiger partial charge in [0.1, 0.15) is 0 Å². The molecule has 2 nitrogen and oxygen atoms in total. The summed E-state index contributed by atoms with van der Waals surface area (Å²) in [6.45, 7) is 2.74. The monoisotopic (exact) mass is 368 g/mol. The summed E-state index contributed by atoms with van der Waals surface area (Å²) in [5.41, 5.74) is 1.01. The summed E-state index contributed by atoms with van der Waals surface area (Å²) in [7, 11) is 0.